The number of hydrogen-bond acceptors (Lipinski definition) is 3. The van der Waals surface area contributed by atoms with Crippen LogP contribution < -0.4 is 4.74 Å². The fourth-order valence-corrected chi connectivity index (χ4v) is 1.94. The van der Waals surface area contributed by atoms with Crippen molar-refractivity contribution in [1.29, 1.82) is 0 Å². The van der Waals surface area contributed by atoms with Crippen molar-refractivity contribution in [2.24, 2.45) is 5.92 Å². The smallest absolute Gasteiger partial charge is 0.306 e. The molecule has 1 unspecified atom stereocenters. The van der Waals surface area contributed by atoms with Crippen molar-refractivity contribution >= 4 is 5.97 Å². The Kier molecular flexibility index (Phi) is 6.97. The quantitative estimate of drug-likeness (QED) is 0.698. The van der Waals surface area contributed by atoms with Crippen molar-refractivity contribution in [2.45, 2.75) is 26.2 Å². The highest BCUT2D eigenvalue weighted by atomic mass is 16.5. The molecule has 0 saturated carbocycles. The molecule has 0 aliphatic heterocycles. The predicted molar refractivity (Wildman–Crippen MR) is 73.6 cm³/mol. The molecule has 0 fully saturated rings. The molecule has 1 aromatic rings. The molecule has 1 rings (SSSR count). The molecule has 1 N–H and O–H groups in total. The number of carbonyl (C=O) groups is 1. The van der Waals surface area contributed by atoms with Crippen LogP contribution in [-0.4, -0.2) is 31.4 Å². The van der Waals surface area contributed by atoms with Crippen LogP contribution in [0, 0.1) is 5.92 Å². The van der Waals surface area contributed by atoms with E-state index < -0.39 is 5.97 Å². The second-order valence-electron chi connectivity index (χ2n) is 4.43. The van der Waals surface area contributed by atoms with Crippen molar-refractivity contribution in [3.63, 3.8) is 0 Å². The van der Waals surface area contributed by atoms with Gasteiger partial charge >= 0.3 is 5.97 Å². The van der Waals surface area contributed by atoms with E-state index in [9.17, 15) is 9.90 Å². The normalized spacial score (nSPS) is 12.1. The number of aliphatic carboxylic acids is 1. The van der Waals surface area contributed by atoms with Gasteiger partial charge in [-0.2, -0.15) is 0 Å². The molecule has 0 spiro atoms. The molecule has 0 saturated heterocycles. The number of carboxylic acids is 1. The van der Waals surface area contributed by atoms with Crippen LogP contribution in [0.5, 0.6) is 5.75 Å². The van der Waals surface area contributed by atoms with Gasteiger partial charge in [-0.1, -0.05) is 12.1 Å². The number of methoxy groups -OCH3 is 1. The van der Waals surface area contributed by atoms with E-state index in [0.717, 1.165) is 17.7 Å². The molecule has 0 aromatic heterocycles. The van der Waals surface area contributed by atoms with Crippen LogP contribution in [0.1, 0.15) is 25.3 Å². The molecule has 0 heterocycles. The molecule has 0 bridgehead atoms. The second kappa shape index (κ2) is 8.53. The minimum Gasteiger partial charge on any atom is -0.497 e. The van der Waals surface area contributed by atoms with Crippen LogP contribution >= 0.6 is 0 Å². The zero-order valence-electron chi connectivity index (χ0n) is 11.6. The highest BCUT2D eigenvalue weighted by Crippen LogP contribution is 2.18. The first-order chi connectivity index (χ1) is 9.17. The lowest BCUT2D eigenvalue weighted by atomic mass is 9.95. The predicted octanol–water partition coefficient (Wildman–Crippen LogP) is 2.76. The molecule has 106 valence electrons. The summed E-state index contributed by atoms with van der Waals surface area (Å²) in [6, 6.07) is 7.54. The maximum absolute atomic E-state index is 11.2. The van der Waals surface area contributed by atoms with E-state index in [-0.39, 0.29) is 5.92 Å². The largest absolute Gasteiger partial charge is 0.497 e. The molecule has 1 atom stereocenters. The summed E-state index contributed by atoms with van der Waals surface area (Å²) in [5.41, 5.74) is 1.02. The number of hydrogen-bond donors (Lipinski definition) is 1. The Balaban J connectivity index is 2.49. The fraction of sp³-hybridized carbons (Fsp3) is 0.533. The lowest BCUT2D eigenvalue weighted by Crippen LogP contribution is -2.17. The van der Waals surface area contributed by atoms with Crippen LogP contribution in [0.2, 0.25) is 0 Å². The number of carboxylic acid groups (broad SMARTS) is 1. The first kappa shape index (κ1) is 15.5. The standard InChI is InChI=1S/C15H22O4/c1-3-19-10-4-5-13(15(16)17)11-12-6-8-14(18-2)9-7-12/h6-9,13H,3-5,10-11H2,1-2H3,(H,16,17). The van der Waals surface area contributed by atoms with Gasteiger partial charge in [0, 0.05) is 13.2 Å². The highest BCUT2D eigenvalue weighted by molar-refractivity contribution is 5.70. The van der Waals surface area contributed by atoms with Gasteiger partial charge in [-0.05, 0) is 43.9 Å². The van der Waals surface area contributed by atoms with Crippen molar-refractivity contribution in [3.05, 3.63) is 29.8 Å². The highest BCUT2D eigenvalue weighted by Gasteiger charge is 2.17. The monoisotopic (exact) mass is 266 g/mol. The minimum absolute atomic E-state index is 0.353. The second-order valence-corrected chi connectivity index (χ2v) is 4.43. The topological polar surface area (TPSA) is 55.8 Å². The molecule has 1 aromatic carbocycles. The summed E-state index contributed by atoms with van der Waals surface area (Å²) < 4.78 is 10.3. The summed E-state index contributed by atoms with van der Waals surface area (Å²) >= 11 is 0. The van der Waals surface area contributed by atoms with Crippen LogP contribution in [0.25, 0.3) is 0 Å². The van der Waals surface area contributed by atoms with Crippen molar-refractivity contribution < 1.29 is 19.4 Å². The summed E-state index contributed by atoms with van der Waals surface area (Å²) in [5, 5.41) is 9.23. The third-order valence-corrected chi connectivity index (χ3v) is 3.04. The number of rotatable bonds is 9. The van der Waals surface area contributed by atoms with Crippen LogP contribution in [-0.2, 0) is 16.0 Å². The SMILES string of the molecule is CCOCCCC(Cc1ccc(OC)cc1)C(=O)O. The summed E-state index contributed by atoms with van der Waals surface area (Å²) in [6.07, 6.45) is 1.97. The van der Waals surface area contributed by atoms with E-state index in [4.69, 9.17) is 9.47 Å². The first-order valence-corrected chi connectivity index (χ1v) is 6.60. The Morgan fingerprint density at radius 3 is 2.53 bits per heavy atom. The third-order valence-electron chi connectivity index (χ3n) is 3.04. The first-order valence-electron chi connectivity index (χ1n) is 6.60. The zero-order valence-corrected chi connectivity index (χ0v) is 11.6. The van der Waals surface area contributed by atoms with Gasteiger partial charge in [-0.3, -0.25) is 4.79 Å². The Morgan fingerprint density at radius 1 is 1.32 bits per heavy atom. The Hall–Kier alpha value is -1.55. The molecule has 0 aliphatic carbocycles. The molecule has 0 radical (unpaired) electrons. The van der Waals surface area contributed by atoms with E-state index in [1.54, 1.807) is 7.11 Å². The molecule has 4 nitrogen and oxygen atoms in total. The molecular weight excluding hydrogens is 244 g/mol. The Bertz CT molecular complexity index is 372. The summed E-state index contributed by atoms with van der Waals surface area (Å²) in [5.74, 6) is -0.312. The molecule has 4 heteroatoms. The van der Waals surface area contributed by atoms with Gasteiger partial charge in [0.25, 0.3) is 0 Å². The lowest BCUT2D eigenvalue weighted by molar-refractivity contribution is -0.142. The van der Waals surface area contributed by atoms with Crippen LogP contribution in [0.3, 0.4) is 0 Å². The maximum atomic E-state index is 11.2. The van der Waals surface area contributed by atoms with E-state index in [2.05, 4.69) is 0 Å². The van der Waals surface area contributed by atoms with Gasteiger partial charge in [0.05, 0.1) is 13.0 Å². The van der Waals surface area contributed by atoms with Gasteiger partial charge < -0.3 is 14.6 Å². The third kappa shape index (κ3) is 5.75. The van der Waals surface area contributed by atoms with E-state index in [1.165, 1.54) is 0 Å². The van der Waals surface area contributed by atoms with Gasteiger partial charge in [0.1, 0.15) is 5.75 Å². The number of ether oxygens (including phenoxy) is 2. The van der Waals surface area contributed by atoms with Gasteiger partial charge in [0.2, 0.25) is 0 Å². The molecular formula is C15H22O4. The number of benzene rings is 1. The van der Waals surface area contributed by atoms with Crippen molar-refractivity contribution in [3.8, 4) is 5.75 Å². The minimum atomic E-state index is -0.743. The summed E-state index contributed by atoms with van der Waals surface area (Å²) in [7, 11) is 1.61. The van der Waals surface area contributed by atoms with Crippen LogP contribution in [0.15, 0.2) is 24.3 Å². The van der Waals surface area contributed by atoms with Crippen molar-refractivity contribution in [1.82, 2.24) is 0 Å². The fourth-order valence-electron chi connectivity index (χ4n) is 1.94. The van der Waals surface area contributed by atoms with E-state index >= 15 is 0 Å². The zero-order chi connectivity index (χ0) is 14.1. The Labute approximate surface area is 114 Å². The average molecular weight is 266 g/mol. The maximum Gasteiger partial charge on any atom is 0.306 e. The van der Waals surface area contributed by atoms with Crippen LogP contribution in [0.4, 0.5) is 0 Å². The Morgan fingerprint density at radius 2 is 2.00 bits per heavy atom. The van der Waals surface area contributed by atoms with Gasteiger partial charge in [-0.25, -0.2) is 0 Å². The molecule has 0 aliphatic rings. The lowest BCUT2D eigenvalue weighted by Gasteiger charge is -2.12. The van der Waals surface area contributed by atoms with Gasteiger partial charge in [-0.15, -0.1) is 0 Å². The summed E-state index contributed by atoms with van der Waals surface area (Å²) in [6.45, 7) is 3.24. The molecule has 0 amide bonds. The van der Waals surface area contributed by atoms with E-state index in [1.807, 2.05) is 31.2 Å². The van der Waals surface area contributed by atoms with E-state index in [0.29, 0.717) is 26.1 Å². The van der Waals surface area contributed by atoms with Gasteiger partial charge in [0.15, 0.2) is 0 Å². The molecule has 19 heavy (non-hydrogen) atoms. The van der Waals surface area contributed by atoms with Crippen molar-refractivity contribution in [2.75, 3.05) is 20.3 Å². The average Bonchev–Trinajstić information content (AvgIpc) is 2.42. The summed E-state index contributed by atoms with van der Waals surface area (Å²) in [4.78, 5) is 11.2.